The first-order chi connectivity index (χ1) is 7.49. The molecule has 0 atom stereocenters. The van der Waals surface area contributed by atoms with E-state index in [2.05, 4.69) is 10.1 Å². The highest BCUT2D eigenvalue weighted by molar-refractivity contribution is 5.86. The Morgan fingerprint density at radius 1 is 1.50 bits per heavy atom. The number of hydrogen-bond acceptors (Lipinski definition) is 3. The number of carboxylic acids is 1. The number of aromatic amines is 1. The van der Waals surface area contributed by atoms with Crippen molar-refractivity contribution in [1.82, 2.24) is 14.6 Å². The van der Waals surface area contributed by atoms with Crippen molar-refractivity contribution in [3.05, 3.63) is 33.9 Å². The van der Waals surface area contributed by atoms with Crippen LogP contribution in [0, 0.1) is 0 Å². The Labute approximate surface area is 86.1 Å². The van der Waals surface area contributed by atoms with Gasteiger partial charge in [-0.1, -0.05) is 0 Å². The Kier molecular flexibility index (Phi) is 2.18. The molecule has 0 aliphatic carbocycles. The SMILES string of the molecule is O=C(O)c1cc2nc(C(F)F)cc(=O)n2[nH]1. The van der Waals surface area contributed by atoms with Crippen LogP contribution in [0.15, 0.2) is 16.9 Å². The first-order valence-corrected chi connectivity index (χ1v) is 4.13. The number of alkyl halides is 2. The van der Waals surface area contributed by atoms with Crippen molar-refractivity contribution in [3.63, 3.8) is 0 Å². The topological polar surface area (TPSA) is 87.5 Å². The third kappa shape index (κ3) is 1.53. The minimum atomic E-state index is -2.87. The number of halogens is 2. The van der Waals surface area contributed by atoms with Gasteiger partial charge in [0.05, 0.1) is 0 Å². The maximum absolute atomic E-state index is 12.3. The highest BCUT2D eigenvalue weighted by atomic mass is 19.3. The van der Waals surface area contributed by atoms with Gasteiger partial charge in [-0.2, -0.15) is 0 Å². The van der Waals surface area contributed by atoms with Gasteiger partial charge in [0.25, 0.3) is 12.0 Å². The zero-order valence-corrected chi connectivity index (χ0v) is 7.65. The summed E-state index contributed by atoms with van der Waals surface area (Å²) in [7, 11) is 0. The third-order valence-corrected chi connectivity index (χ3v) is 1.92. The fraction of sp³-hybridized carbons (Fsp3) is 0.125. The summed E-state index contributed by atoms with van der Waals surface area (Å²) in [6, 6.07) is 1.66. The van der Waals surface area contributed by atoms with Crippen LogP contribution in [0.3, 0.4) is 0 Å². The van der Waals surface area contributed by atoms with E-state index in [1.807, 2.05) is 0 Å². The number of fused-ring (bicyclic) bond motifs is 1. The van der Waals surface area contributed by atoms with Crippen LogP contribution in [0.1, 0.15) is 22.6 Å². The molecule has 0 saturated heterocycles. The Balaban J connectivity index is 2.73. The molecule has 6 nitrogen and oxygen atoms in total. The Hall–Kier alpha value is -2.25. The van der Waals surface area contributed by atoms with Gasteiger partial charge in [-0.3, -0.25) is 9.89 Å². The smallest absolute Gasteiger partial charge is 0.353 e. The van der Waals surface area contributed by atoms with Gasteiger partial charge in [-0.25, -0.2) is 23.1 Å². The molecule has 0 aliphatic heterocycles. The molecular weight excluding hydrogens is 224 g/mol. The summed E-state index contributed by atoms with van der Waals surface area (Å²) >= 11 is 0. The van der Waals surface area contributed by atoms with E-state index in [1.165, 1.54) is 0 Å². The molecular formula is C8H5F2N3O3. The summed E-state index contributed by atoms with van der Waals surface area (Å²) in [6.07, 6.45) is -2.87. The lowest BCUT2D eigenvalue weighted by Crippen LogP contribution is -2.16. The molecule has 2 aromatic rings. The molecule has 0 aromatic carbocycles. The van der Waals surface area contributed by atoms with Gasteiger partial charge in [-0.05, 0) is 0 Å². The quantitative estimate of drug-likeness (QED) is 0.791. The highest BCUT2D eigenvalue weighted by Crippen LogP contribution is 2.15. The molecule has 0 aliphatic rings. The first kappa shape index (κ1) is 10.3. The molecule has 0 unspecified atom stereocenters. The van der Waals surface area contributed by atoms with Crippen LogP contribution in [0.2, 0.25) is 0 Å². The average Bonchev–Trinajstić information content (AvgIpc) is 2.61. The number of aromatic nitrogens is 3. The molecule has 16 heavy (non-hydrogen) atoms. The molecule has 0 fully saturated rings. The molecule has 2 N–H and O–H groups in total. The molecule has 84 valence electrons. The highest BCUT2D eigenvalue weighted by Gasteiger charge is 2.14. The zero-order valence-electron chi connectivity index (χ0n) is 7.65. The predicted octanol–water partition coefficient (Wildman–Crippen LogP) is 0.658. The van der Waals surface area contributed by atoms with Crippen molar-refractivity contribution in [3.8, 4) is 0 Å². The minimum Gasteiger partial charge on any atom is -0.477 e. The van der Waals surface area contributed by atoms with E-state index >= 15 is 0 Å². The van der Waals surface area contributed by atoms with Gasteiger partial charge in [0.1, 0.15) is 11.4 Å². The Morgan fingerprint density at radius 2 is 2.19 bits per heavy atom. The fourth-order valence-electron chi connectivity index (χ4n) is 1.23. The lowest BCUT2D eigenvalue weighted by Gasteiger charge is -1.97. The van der Waals surface area contributed by atoms with E-state index in [4.69, 9.17) is 5.11 Å². The van der Waals surface area contributed by atoms with Crippen molar-refractivity contribution in [2.45, 2.75) is 6.43 Å². The molecule has 0 bridgehead atoms. The maximum Gasteiger partial charge on any atom is 0.353 e. The number of H-pyrrole nitrogens is 1. The monoisotopic (exact) mass is 229 g/mol. The number of nitrogens with one attached hydrogen (secondary N) is 1. The largest absolute Gasteiger partial charge is 0.477 e. The second-order valence-corrected chi connectivity index (χ2v) is 2.99. The van der Waals surface area contributed by atoms with Crippen LogP contribution in [-0.2, 0) is 0 Å². The zero-order chi connectivity index (χ0) is 11.9. The van der Waals surface area contributed by atoms with Gasteiger partial charge >= 0.3 is 5.97 Å². The van der Waals surface area contributed by atoms with E-state index in [0.717, 1.165) is 10.6 Å². The van der Waals surface area contributed by atoms with Crippen molar-refractivity contribution in [2.24, 2.45) is 0 Å². The molecule has 2 aromatic heterocycles. The summed E-state index contributed by atoms with van der Waals surface area (Å²) in [5.41, 5.74) is -1.91. The predicted molar refractivity (Wildman–Crippen MR) is 47.7 cm³/mol. The fourth-order valence-corrected chi connectivity index (χ4v) is 1.23. The standard InChI is InChI=1S/C8H5F2N3O3/c9-7(10)3-2-6(14)13-5(11-3)1-4(12-13)8(15)16/h1-2,7,12H,(H,15,16). The van der Waals surface area contributed by atoms with Crippen LogP contribution in [0.25, 0.3) is 5.65 Å². The number of nitrogens with zero attached hydrogens (tertiary/aromatic N) is 2. The summed E-state index contributed by atoms with van der Waals surface area (Å²) in [5.74, 6) is -1.30. The molecule has 2 heterocycles. The summed E-state index contributed by atoms with van der Waals surface area (Å²) in [4.78, 5) is 25.3. The number of carbonyl (C=O) groups is 1. The summed E-state index contributed by atoms with van der Waals surface area (Å²) in [6.45, 7) is 0. The molecule has 2 rings (SSSR count). The average molecular weight is 229 g/mol. The van der Waals surface area contributed by atoms with Crippen LogP contribution >= 0.6 is 0 Å². The molecule has 0 spiro atoms. The van der Waals surface area contributed by atoms with Crippen LogP contribution in [0.4, 0.5) is 8.78 Å². The number of carboxylic acid groups (broad SMARTS) is 1. The molecule has 0 saturated carbocycles. The number of rotatable bonds is 2. The van der Waals surface area contributed by atoms with Gasteiger partial charge in [0.2, 0.25) is 0 Å². The lowest BCUT2D eigenvalue weighted by molar-refractivity contribution is 0.0690. The summed E-state index contributed by atoms with van der Waals surface area (Å²) < 4.78 is 25.4. The second-order valence-electron chi connectivity index (χ2n) is 2.99. The molecule has 0 amide bonds. The van der Waals surface area contributed by atoms with E-state index in [-0.39, 0.29) is 11.3 Å². The van der Waals surface area contributed by atoms with Gasteiger partial charge in [0, 0.05) is 12.1 Å². The molecule has 8 heteroatoms. The van der Waals surface area contributed by atoms with E-state index < -0.39 is 23.6 Å². The molecule has 0 radical (unpaired) electrons. The Morgan fingerprint density at radius 3 is 2.75 bits per heavy atom. The van der Waals surface area contributed by atoms with Crippen molar-refractivity contribution >= 4 is 11.6 Å². The first-order valence-electron chi connectivity index (χ1n) is 4.13. The van der Waals surface area contributed by atoms with Crippen molar-refractivity contribution in [2.75, 3.05) is 0 Å². The minimum absolute atomic E-state index is 0.153. The van der Waals surface area contributed by atoms with Crippen molar-refractivity contribution < 1.29 is 18.7 Å². The number of aromatic carboxylic acids is 1. The van der Waals surface area contributed by atoms with Crippen LogP contribution in [-0.4, -0.2) is 25.7 Å². The normalized spacial score (nSPS) is 11.2. The van der Waals surface area contributed by atoms with Crippen LogP contribution in [0.5, 0.6) is 0 Å². The van der Waals surface area contributed by atoms with E-state index in [1.54, 1.807) is 0 Å². The van der Waals surface area contributed by atoms with E-state index in [9.17, 15) is 18.4 Å². The number of hydrogen-bond donors (Lipinski definition) is 2. The van der Waals surface area contributed by atoms with E-state index in [0.29, 0.717) is 6.07 Å². The Bertz CT molecular complexity index is 617. The third-order valence-electron chi connectivity index (χ3n) is 1.92. The maximum atomic E-state index is 12.3. The van der Waals surface area contributed by atoms with Crippen LogP contribution < -0.4 is 5.56 Å². The second kappa shape index (κ2) is 3.40. The van der Waals surface area contributed by atoms with Gasteiger partial charge in [0.15, 0.2) is 5.65 Å². The van der Waals surface area contributed by atoms with Gasteiger partial charge in [-0.15, -0.1) is 0 Å². The summed E-state index contributed by atoms with van der Waals surface area (Å²) in [5, 5.41) is 10.9. The van der Waals surface area contributed by atoms with Gasteiger partial charge < -0.3 is 5.11 Å². The van der Waals surface area contributed by atoms with Crippen molar-refractivity contribution in [1.29, 1.82) is 0 Å². The lowest BCUT2D eigenvalue weighted by atomic mass is 10.4.